The van der Waals surface area contributed by atoms with Crippen LogP contribution in [0.25, 0.3) is 11.5 Å². The molecule has 0 aliphatic carbocycles. The van der Waals surface area contributed by atoms with Crippen molar-refractivity contribution >= 4 is 5.69 Å². The quantitative estimate of drug-likeness (QED) is 0.471. The van der Waals surface area contributed by atoms with Crippen LogP contribution >= 0.6 is 0 Å². The van der Waals surface area contributed by atoms with E-state index in [0.29, 0.717) is 23.9 Å². The lowest BCUT2D eigenvalue weighted by atomic mass is 10.1. The number of fused-ring (bicyclic) bond motifs is 1. The predicted molar refractivity (Wildman–Crippen MR) is 98.8 cm³/mol. The maximum Gasteiger partial charge on any atom is 0.269 e. The van der Waals surface area contributed by atoms with Crippen LogP contribution < -0.4 is 9.47 Å². The summed E-state index contributed by atoms with van der Waals surface area (Å²) in [6.07, 6.45) is 0. The second-order valence-corrected chi connectivity index (χ2v) is 6.53. The molecule has 0 amide bonds. The molecule has 9 nitrogen and oxygen atoms in total. The average Bonchev–Trinajstić information content (AvgIpc) is 3.36. The fraction of sp³-hybridized carbons (Fsp3) is 0.263. The topological polar surface area (TPSA) is 104 Å². The van der Waals surface area contributed by atoms with Crippen molar-refractivity contribution in [1.29, 1.82) is 0 Å². The van der Waals surface area contributed by atoms with E-state index in [1.54, 1.807) is 12.1 Å². The predicted octanol–water partition coefficient (Wildman–Crippen LogP) is 3.57. The zero-order valence-corrected chi connectivity index (χ0v) is 15.4. The van der Waals surface area contributed by atoms with Gasteiger partial charge in [0.15, 0.2) is 11.5 Å². The van der Waals surface area contributed by atoms with Gasteiger partial charge in [-0.25, -0.2) is 0 Å². The molecule has 0 unspecified atom stereocenters. The minimum Gasteiger partial charge on any atom is -0.454 e. The van der Waals surface area contributed by atoms with Crippen LogP contribution in [0.15, 0.2) is 46.9 Å². The molecule has 3 aromatic rings. The highest BCUT2D eigenvalue weighted by Gasteiger charge is 2.21. The molecule has 2 aromatic carbocycles. The summed E-state index contributed by atoms with van der Waals surface area (Å²) in [6.45, 7) is 2.88. The second kappa shape index (κ2) is 7.28. The SMILES string of the molecule is C[C@@H](c1nnc(-c2ccc([N+](=O)[O-])cc2)o1)N(C)Cc1ccc2c(c1)OCO2. The van der Waals surface area contributed by atoms with Gasteiger partial charge in [0.25, 0.3) is 5.69 Å². The molecule has 2 heterocycles. The van der Waals surface area contributed by atoms with Crippen molar-refractivity contribution in [2.75, 3.05) is 13.8 Å². The van der Waals surface area contributed by atoms with E-state index in [1.807, 2.05) is 32.2 Å². The molecule has 1 atom stereocenters. The summed E-state index contributed by atoms with van der Waals surface area (Å²) in [6, 6.07) is 11.7. The summed E-state index contributed by atoms with van der Waals surface area (Å²) in [5.41, 5.74) is 1.73. The standard InChI is InChI=1S/C19H18N4O5/c1-12(22(2)10-13-3-8-16-17(9-13)27-11-26-16)18-20-21-19(28-18)14-4-6-15(7-5-14)23(24)25/h3-9,12H,10-11H2,1-2H3/t12-/m0/s1. The van der Waals surface area contributed by atoms with Gasteiger partial charge in [0.1, 0.15) is 0 Å². The lowest BCUT2D eigenvalue weighted by Crippen LogP contribution is -2.22. The van der Waals surface area contributed by atoms with Crippen molar-refractivity contribution in [3.63, 3.8) is 0 Å². The zero-order valence-electron chi connectivity index (χ0n) is 15.4. The Labute approximate surface area is 160 Å². The molecule has 9 heteroatoms. The highest BCUT2D eigenvalue weighted by atomic mass is 16.7. The third-order valence-corrected chi connectivity index (χ3v) is 4.65. The van der Waals surface area contributed by atoms with Gasteiger partial charge in [-0.15, -0.1) is 10.2 Å². The van der Waals surface area contributed by atoms with Gasteiger partial charge in [0.05, 0.1) is 11.0 Å². The first-order chi connectivity index (χ1) is 13.5. The monoisotopic (exact) mass is 382 g/mol. The lowest BCUT2D eigenvalue weighted by Gasteiger charge is -2.21. The molecule has 144 valence electrons. The van der Waals surface area contributed by atoms with E-state index in [4.69, 9.17) is 13.9 Å². The smallest absolute Gasteiger partial charge is 0.269 e. The van der Waals surface area contributed by atoms with E-state index in [1.165, 1.54) is 12.1 Å². The normalized spacial score (nSPS) is 13.7. The fourth-order valence-corrected chi connectivity index (χ4v) is 2.90. The van der Waals surface area contributed by atoms with Crippen molar-refractivity contribution in [2.24, 2.45) is 0 Å². The van der Waals surface area contributed by atoms with Crippen LogP contribution in [-0.2, 0) is 6.54 Å². The number of hydrogen-bond acceptors (Lipinski definition) is 8. The highest BCUT2D eigenvalue weighted by molar-refractivity contribution is 5.55. The zero-order chi connectivity index (χ0) is 19.7. The van der Waals surface area contributed by atoms with E-state index in [2.05, 4.69) is 15.1 Å². The van der Waals surface area contributed by atoms with Crippen molar-refractivity contribution in [3.05, 3.63) is 64.0 Å². The number of hydrogen-bond donors (Lipinski definition) is 0. The molecule has 0 radical (unpaired) electrons. The van der Waals surface area contributed by atoms with Gasteiger partial charge in [0.2, 0.25) is 18.6 Å². The average molecular weight is 382 g/mol. The van der Waals surface area contributed by atoms with Gasteiger partial charge in [0, 0.05) is 24.2 Å². The number of benzene rings is 2. The first-order valence-corrected chi connectivity index (χ1v) is 8.68. The molecule has 0 fully saturated rings. The summed E-state index contributed by atoms with van der Waals surface area (Å²) >= 11 is 0. The highest BCUT2D eigenvalue weighted by Crippen LogP contribution is 2.33. The molecule has 0 saturated carbocycles. The van der Waals surface area contributed by atoms with Gasteiger partial charge in [-0.2, -0.15) is 0 Å². The number of aromatic nitrogens is 2. The Morgan fingerprint density at radius 2 is 1.89 bits per heavy atom. The first-order valence-electron chi connectivity index (χ1n) is 8.68. The summed E-state index contributed by atoms with van der Waals surface area (Å²) < 4.78 is 16.5. The van der Waals surface area contributed by atoms with Gasteiger partial charge in [-0.05, 0) is 43.8 Å². The number of nitrogens with zero attached hydrogens (tertiary/aromatic N) is 4. The van der Waals surface area contributed by atoms with Gasteiger partial charge < -0.3 is 13.9 Å². The van der Waals surface area contributed by atoms with Gasteiger partial charge >= 0.3 is 0 Å². The molecular weight excluding hydrogens is 364 g/mol. The van der Waals surface area contributed by atoms with Crippen molar-refractivity contribution < 1.29 is 18.8 Å². The Hall–Kier alpha value is -3.46. The van der Waals surface area contributed by atoms with Crippen molar-refractivity contribution in [1.82, 2.24) is 15.1 Å². The molecule has 0 spiro atoms. The largest absolute Gasteiger partial charge is 0.454 e. The van der Waals surface area contributed by atoms with Crippen LogP contribution in [-0.4, -0.2) is 33.9 Å². The Morgan fingerprint density at radius 3 is 2.64 bits per heavy atom. The third-order valence-electron chi connectivity index (χ3n) is 4.65. The molecule has 0 saturated heterocycles. The van der Waals surface area contributed by atoms with Gasteiger partial charge in [-0.1, -0.05) is 6.07 Å². The lowest BCUT2D eigenvalue weighted by molar-refractivity contribution is -0.384. The summed E-state index contributed by atoms with van der Waals surface area (Å²) in [7, 11) is 1.96. The van der Waals surface area contributed by atoms with Crippen LogP contribution in [0.5, 0.6) is 11.5 Å². The Bertz CT molecular complexity index is 1000. The Balaban J connectivity index is 1.46. The number of nitro groups is 1. The second-order valence-electron chi connectivity index (χ2n) is 6.53. The van der Waals surface area contributed by atoms with Crippen molar-refractivity contribution in [2.45, 2.75) is 19.5 Å². The summed E-state index contributed by atoms with van der Waals surface area (Å²) in [5, 5.41) is 19.0. The van der Waals surface area contributed by atoms with Crippen LogP contribution in [0.1, 0.15) is 24.4 Å². The van der Waals surface area contributed by atoms with Crippen LogP contribution in [0.2, 0.25) is 0 Å². The fourth-order valence-electron chi connectivity index (χ4n) is 2.90. The van der Waals surface area contributed by atoms with E-state index in [9.17, 15) is 10.1 Å². The maximum absolute atomic E-state index is 10.8. The first kappa shape index (κ1) is 17.9. The van der Waals surface area contributed by atoms with Crippen LogP contribution in [0.3, 0.4) is 0 Å². The molecule has 1 aromatic heterocycles. The summed E-state index contributed by atoms with van der Waals surface area (Å²) in [4.78, 5) is 12.4. The number of non-ortho nitro benzene ring substituents is 1. The molecule has 0 N–H and O–H groups in total. The Kier molecular flexibility index (Phi) is 4.66. The van der Waals surface area contributed by atoms with E-state index in [0.717, 1.165) is 17.1 Å². The number of ether oxygens (including phenoxy) is 2. The molecule has 1 aliphatic heterocycles. The Morgan fingerprint density at radius 1 is 1.14 bits per heavy atom. The minimum absolute atomic E-state index is 0.0142. The molecule has 0 bridgehead atoms. The summed E-state index contributed by atoms with van der Waals surface area (Å²) in [5.74, 6) is 2.30. The van der Waals surface area contributed by atoms with E-state index >= 15 is 0 Å². The minimum atomic E-state index is -0.448. The van der Waals surface area contributed by atoms with E-state index in [-0.39, 0.29) is 18.5 Å². The molecular formula is C19H18N4O5. The van der Waals surface area contributed by atoms with Gasteiger partial charge in [-0.3, -0.25) is 15.0 Å². The number of nitro benzene ring substituents is 1. The van der Waals surface area contributed by atoms with Crippen molar-refractivity contribution in [3.8, 4) is 23.0 Å². The number of rotatable bonds is 6. The van der Waals surface area contributed by atoms with E-state index < -0.39 is 4.92 Å². The molecule has 28 heavy (non-hydrogen) atoms. The maximum atomic E-state index is 10.8. The molecule has 4 rings (SSSR count). The van der Waals surface area contributed by atoms with Crippen LogP contribution in [0, 0.1) is 10.1 Å². The molecule has 1 aliphatic rings. The third kappa shape index (κ3) is 3.52. The van der Waals surface area contributed by atoms with Crippen LogP contribution in [0.4, 0.5) is 5.69 Å².